The van der Waals surface area contributed by atoms with Crippen LogP contribution in [-0.2, 0) is 14.3 Å². The Balaban J connectivity index is 2.03. The Morgan fingerprint density at radius 2 is 1.74 bits per heavy atom. The molecule has 0 unspecified atom stereocenters. The smallest absolute Gasteiger partial charge is 0.338 e. The molecule has 122 valence electrons. The van der Waals surface area contributed by atoms with Crippen molar-refractivity contribution in [3.05, 3.63) is 42.0 Å². The highest BCUT2D eigenvalue weighted by Crippen LogP contribution is 2.27. The molecule has 1 aromatic carbocycles. The number of esters is 1. The first kappa shape index (κ1) is 16.7. The van der Waals surface area contributed by atoms with Crippen LogP contribution >= 0.6 is 0 Å². The van der Waals surface area contributed by atoms with Gasteiger partial charge in [-0.15, -0.1) is 0 Å². The summed E-state index contributed by atoms with van der Waals surface area (Å²) in [5.41, 5.74) is 0.913. The lowest BCUT2D eigenvalue weighted by atomic mass is 9.82. The van der Waals surface area contributed by atoms with Crippen LogP contribution in [0.3, 0.4) is 0 Å². The number of carbonyl (C=O) groups is 3. The third-order valence-electron chi connectivity index (χ3n) is 3.75. The van der Waals surface area contributed by atoms with E-state index in [1.807, 2.05) is 6.08 Å². The fraction of sp³-hybridized carbons (Fsp3) is 0.353. The second-order valence-electron chi connectivity index (χ2n) is 5.28. The quantitative estimate of drug-likeness (QED) is 0.643. The van der Waals surface area contributed by atoms with E-state index in [-0.39, 0.29) is 5.91 Å². The Hall–Kier alpha value is -2.63. The zero-order valence-electron chi connectivity index (χ0n) is 12.8. The molecule has 1 aromatic rings. The molecule has 0 saturated carbocycles. The van der Waals surface area contributed by atoms with Crippen molar-refractivity contribution in [2.75, 3.05) is 11.9 Å². The summed E-state index contributed by atoms with van der Waals surface area (Å²) in [7, 11) is 0. The number of aliphatic carboxylic acids is 1. The topological polar surface area (TPSA) is 92.7 Å². The number of ether oxygens (including phenoxy) is 1. The Morgan fingerprint density at radius 1 is 1.13 bits per heavy atom. The molecule has 0 bridgehead atoms. The number of benzene rings is 1. The molecule has 0 saturated heterocycles. The molecule has 0 aliphatic heterocycles. The number of carboxylic acids is 1. The van der Waals surface area contributed by atoms with Gasteiger partial charge in [-0.05, 0) is 44.0 Å². The van der Waals surface area contributed by atoms with Crippen LogP contribution in [-0.4, -0.2) is 29.6 Å². The third kappa shape index (κ3) is 4.18. The molecule has 1 amide bonds. The Bertz CT molecular complexity index is 620. The number of hydrogen-bond donors (Lipinski definition) is 2. The van der Waals surface area contributed by atoms with Gasteiger partial charge in [0.2, 0.25) is 5.91 Å². The molecule has 2 N–H and O–H groups in total. The van der Waals surface area contributed by atoms with E-state index in [1.165, 1.54) is 0 Å². The number of rotatable bonds is 5. The molecular formula is C17H19NO5. The number of amides is 1. The summed E-state index contributed by atoms with van der Waals surface area (Å²) >= 11 is 0. The lowest BCUT2D eigenvalue weighted by molar-refractivity contribution is -0.146. The molecule has 0 spiro atoms. The molecule has 23 heavy (non-hydrogen) atoms. The summed E-state index contributed by atoms with van der Waals surface area (Å²) < 4.78 is 4.89. The van der Waals surface area contributed by atoms with E-state index >= 15 is 0 Å². The second kappa shape index (κ2) is 7.58. The zero-order valence-corrected chi connectivity index (χ0v) is 12.8. The lowest BCUT2D eigenvalue weighted by Gasteiger charge is -2.24. The third-order valence-corrected chi connectivity index (χ3v) is 3.75. The van der Waals surface area contributed by atoms with Crippen molar-refractivity contribution >= 4 is 23.5 Å². The first-order chi connectivity index (χ1) is 11.0. The molecule has 0 fully saturated rings. The van der Waals surface area contributed by atoms with E-state index in [4.69, 9.17) is 4.74 Å². The largest absolute Gasteiger partial charge is 0.481 e. The average molecular weight is 317 g/mol. The average Bonchev–Trinajstić information content (AvgIpc) is 2.55. The van der Waals surface area contributed by atoms with Crippen LogP contribution in [0, 0.1) is 11.8 Å². The van der Waals surface area contributed by atoms with Gasteiger partial charge in [-0.2, -0.15) is 0 Å². The maximum atomic E-state index is 12.3. The van der Waals surface area contributed by atoms with Crippen LogP contribution in [0.1, 0.15) is 30.1 Å². The molecule has 1 aliphatic carbocycles. The highest BCUT2D eigenvalue weighted by atomic mass is 16.5. The summed E-state index contributed by atoms with van der Waals surface area (Å²) in [5.74, 6) is -3.02. The van der Waals surface area contributed by atoms with E-state index in [0.29, 0.717) is 30.7 Å². The van der Waals surface area contributed by atoms with Gasteiger partial charge in [0.15, 0.2) is 0 Å². The van der Waals surface area contributed by atoms with Gasteiger partial charge in [-0.1, -0.05) is 12.2 Å². The van der Waals surface area contributed by atoms with Crippen molar-refractivity contribution in [2.24, 2.45) is 11.8 Å². The molecular weight excluding hydrogens is 298 g/mol. The fourth-order valence-corrected chi connectivity index (χ4v) is 2.52. The van der Waals surface area contributed by atoms with Crippen molar-refractivity contribution in [2.45, 2.75) is 19.8 Å². The first-order valence-electron chi connectivity index (χ1n) is 7.48. The predicted molar refractivity (Wildman–Crippen MR) is 84.0 cm³/mol. The summed E-state index contributed by atoms with van der Waals surface area (Å²) in [4.78, 5) is 35.1. The van der Waals surface area contributed by atoms with Crippen LogP contribution < -0.4 is 5.32 Å². The Labute approximate surface area is 134 Å². The highest BCUT2D eigenvalue weighted by molar-refractivity contribution is 5.96. The van der Waals surface area contributed by atoms with Crippen LogP contribution in [0.25, 0.3) is 0 Å². The summed E-state index contributed by atoms with van der Waals surface area (Å²) in [6.07, 6.45) is 4.38. The van der Waals surface area contributed by atoms with Gasteiger partial charge < -0.3 is 15.2 Å². The second-order valence-corrected chi connectivity index (χ2v) is 5.28. The molecule has 2 rings (SSSR count). The lowest BCUT2D eigenvalue weighted by Crippen LogP contribution is -2.34. The molecule has 6 nitrogen and oxygen atoms in total. The van der Waals surface area contributed by atoms with Gasteiger partial charge in [0.1, 0.15) is 0 Å². The van der Waals surface area contributed by atoms with Crippen molar-refractivity contribution in [1.29, 1.82) is 0 Å². The molecule has 0 heterocycles. The van der Waals surface area contributed by atoms with Gasteiger partial charge in [-0.3, -0.25) is 9.59 Å². The van der Waals surface area contributed by atoms with Crippen molar-refractivity contribution in [1.82, 2.24) is 0 Å². The van der Waals surface area contributed by atoms with Gasteiger partial charge in [0.25, 0.3) is 0 Å². The molecule has 1 aliphatic rings. The SMILES string of the molecule is CCOC(=O)c1ccc(NC(=O)[C@@H]2CC=CC[C@H]2C(=O)O)cc1. The van der Waals surface area contributed by atoms with Gasteiger partial charge in [-0.25, -0.2) is 4.79 Å². The maximum absolute atomic E-state index is 12.3. The van der Waals surface area contributed by atoms with E-state index in [2.05, 4.69) is 5.32 Å². The number of nitrogens with one attached hydrogen (secondary N) is 1. The van der Waals surface area contributed by atoms with E-state index in [1.54, 1.807) is 37.3 Å². The first-order valence-corrected chi connectivity index (χ1v) is 7.48. The highest BCUT2D eigenvalue weighted by Gasteiger charge is 2.33. The molecule has 2 atom stereocenters. The number of carboxylic acid groups (broad SMARTS) is 1. The molecule has 6 heteroatoms. The van der Waals surface area contributed by atoms with E-state index in [9.17, 15) is 19.5 Å². The van der Waals surface area contributed by atoms with Crippen LogP contribution in [0.5, 0.6) is 0 Å². The minimum Gasteiger partial charge on any atom is -0.481 e. The monoisotopic (exact) mass is 317 g/mol. The van der Waals surface area contributed by atoms with Crippen LogP contribution in [0.2, 0.25) is 0 Å². The minimum atomic E-state index is -0.966. The minimum absolute atomic E-state index is 0.295. The normalized spacial score (nSPS) is 19.9. The number of anilines is 1. The van der Waals surface area contributed by atoms with E-state index in [0.717, 1.165) is 0 Å². The van der Waals surface area contributed by atoms with Crippen molar-refractivity contribution in [3.63, 3.8) is 0 Å². The Kier molecular flexibility index (Phi) is 5.51. The molecule has 0 radical (unpaired) electrons. The van der Waals surface area contributed by atoms with Crippen LogP contribution in [0.15, 0.2) is 36.4 Å². The van der Waals surface area contributed by atoms with Gasteiger partial charge in [0, 0.05) is 5.69 Å². The van der Waals surface area contributed by atoms with Crippen LogP contribution in [0.4, 0.5) is 5.69 Å². The van der Waals surface area contributed by atoms with E-state index < -0.39 is 23.8 Å². The number of allylic oxidation sites excluding steroid dienone is 2. The predicted octanol–water partition coefficient (Wildman–Crippen LogP) is 2.47. The maximum Gasteiger partial charge on any atom is 0.338 e. The summed E-state index contributed by atoms with van der Waals surface area (Å²) in [6, 6.07) is 6.31. The zero-order chi connectivity index (χ0) is 16.8. The van der Waals surface area contributed by atoms with Crippen molar-refractivity contribution in [3.8, 4) is 0 Å². The fourth-order valence-electron chi connectivity index (χ4n) is 2.52. The standard InChI is InChI=1S/C17H19NO5/c1-2-23-17(22)11-7-9-12(10-8-11)18-15(19)13-5-3-4-6-14(13)16(20)21/h3-4,7-10,13-14H,2,5-6H2,1H3,(H,18,19)(H,20,21)/t13-,14-/m1/s1. The number of carbonyl (C=O) groups excluding carboxylic acids is 2. The van der Waals surface area contributed by atoms with Gasteiger partial charge in [0.05, 0.1) is 24.0 Å². The van der Waals surface area contributed by atoms with Gasteiger partial charge >= 0.3 is 11.9 Å². The molecule has 0 aromatic heterocycles. The Morgan fingerprint density at radius 3 is 2.30 bits per heavy atom. The number of hydrogen-bond acceptors (Lipinski definition) is 4. The summed E-state index contributed by atoms with van der Waals surface area (Å²) in [5, 5.41) is 11.9. The van der Waals surface area contributed by atoms with Crippen molar-refractivity contribution < 1.29 is 24.2 Å². The summed E-state index contributed by atoms with van der Waals surface area (Å²) in [6.45, 7) is 2.02.